The van der Waals surface area contributed by atoms with Crippen molar-refractivity contribution in [2.24, 2.45) is 0 Å². The van der Waals surface area contributed by atoms with Crippen molar-refractivity contribution in [1.29, 1.82) is 0 Å². The van der Waals surface area contributed by atoms with E-state index in [1.165, 1.54) is 22.9 Å². The molecule has 0 amide bonds. The molecule has 1 aromatic heterocycles. The van der Waals surface area contributed by atoms with E-state index in [0.717, 1.165) is 5.56 Å². The third-order valence-corrected chi connectivity index (χ3v) is 3.74. The molecule has 0 spiro atoms. The molecule has 0 atom stereocenters. The molecule has 3 aromatic rings. The second-order valence-corrected chi connectivity index (χ2v) is 6.07. The van der Waals surface area contributed by atoms with Crippen molar-refractivity contribution in [1.82, 2.24) is 25.1 Å². The Hall–Kier alpha value is -3.35. The molecule has 0 unspecified atom stereocenters. The highest BCUT2D eigenvalue weighted by Gasteiger charge is 2.24. The Morgan fingerprint density at radius 3 is 2.46 bits per heavy atom. The predicted octanol–water partition coefficient (Wildman–Crippen LogP) is 2.90. The van der Waals surface area contributed by atoms with E-state index in [9.17, 15) is 9.18 Å². The summed E-state index contributed by atoms with van der Waals surface area (Å²) in [4.78, 5) is 14.7. The van der Waals surface area contributed by atoms with Gasteiger partial charge in [0, 0.05) is 20.3 Å². The van der Waals surface area contributed by atoms with Gasteiger partial charge in [-0.2, -0.15) is 4.68 Å². The maximum Gasteiger partial charge on any atom is 0.201 e. The molecular formula is C19H18FN5O. The summed E-state index contributed by atoms with van der Waals surface area (Å²) >= 11 is 0. The van der Waals surface area contributed by atoms with Gasteiger partial charge in [0.25, 0.3) is 0 Å². The smallest absolute Gasteiger partial charge is 0.201 e. The van der Waals surface area contributed by atoms with Gasteiger partial charge in [0.15, 0.2) is 5.82 Å². The van der Waals surface area contributed by atoms with E-state index in [2.05, 4.69) is 15.5 Å². The number of benzene rings is 2. The minimum atomic E-state index is -0.587. The number of Topliss-reactive ketones (excluding diaryl/α,β-unsaturated/α-hetero) is 1. The number of allylic oxidation sites excluding steroid dienone is 1. The number of nitrogens with zero attached hydrogens (tertiary/aromatic N) is 5. The Morgan fingerprint density at radius 2 is 1.81 bits per heavy atom. The maximum absolute atomic E-state index is 14.1. The van der Waals surface area contributed by atoms with Crippen molar-refractivity contribution in [2.45, 2.75) is 6.92 Å². The maximum atomic E-state index is 14.1. The van der Waals surface area contributed by atoms with Crippen LogP contribution in [0.25, 0.3) is 11.3 Å². The van der Waals surface area contributed by atoms with Gasteiger partial charge >= 0.3 is 0 Å². The van der Waals surface area contributed by atoms with E-state index in [1.807, 2.05) is 31.2 Å². The van der Waals surface area contributed by atoms with Crippen LogP contribution in [-0.2, 0) is 0 Å². The van der Waals surface area contributed by atoms with E-state index in [-0.39, 0.29) is 17.0 Å². The zero-order chi connectivity index (χ0) is 18.7. The number of aromatic nitrogens is 4. The van der Waals surface area contributed by atoms with Gasteiger partial charge in [-0.1, -0.05) is 29.8 Å². The standard InChI is InChI=1S/C19H18FN5O/c1-13-8-10-14(11-9-13)25-19(21-22-23-25)16(12-24(2)3)18(26)15-6-4-5-7-17(15)20/h4-12H,1-3H3/b16-12-. The van der Waals surface area contributed by atoms with Crippen LogP contribution in [-0.4, -0.2) is 45.0 Å². The Balaban J connectivity index is 2.11. The first-order chi connectivity index (χ1) is 12.5. The Kier molecular flexibility index (Phi) is 4.88. The predicted molar refractivity (Wildman–Crippen MR) is 96.3 cm³/mol. The summed E-state index contributed by atoms with van der Waals surface area (Å²) in [6.45, 7) is 1.98. The Labute approximate surface area is 150 Å². The van der Waals surface area contributed by atoms with Crippen molar-refractivity contribution < 1.29 is 9.18 Å². The number of tetrazole rings is 1. The molecule has 0 aliphatic heterocycles. The second kappa shape index (κ2) is 7.26. The van der Waals surface area contributed by atoms with E-state index in [0.29, 0.717) is 5.69 Å². The van der Waals surface area contributed by atoms with E-state index in [4.69, 9.17) is 0 Å². The zero-order valence-corrected chi connectivity index (χ0v) is 14.7. The Morgan fingerprint density at radius 1 is 1.12 bits per heavy atom. The number of halogens is 1. The van der Waals surface area contributed by atoms with Crippen LogP contribution in [0.2, 0.25) is 0 Å². The summed E-state index contributed by atoms with van der Waals surface area (Å²) < 4.78 is 15.6. The summed E-state index contributed by atoms with van der Waals surface area (Å²) in [6.07, 6.45) is 1.59. The van der Waals surface area contributed by atoms with Crippen LogP contribution in [0.4, 0.5) is 4.39 Å². The summed E-state index contributed by atoms with van der Waals surface area (Å²) in [5, 5.41) is 11.7. The third kappa shape index (κ3) is 3.51. The first-order valence-corrected chi connectivity index (χ1v) is 8.00. The van der Waals surface area contributed by atoms with Gasteiger partial charge in [0.05, 0.1) is 16.8 Å². The van der Waals surface area contributed by atoms with E-state index >= 15 is 0 Å². The van der Waals surface area contributed by atoms with Gasteiger partial charge in [0.2, 0.25) is 5.78 Å². The average molecular weight is 351 g/mol. The molecule has 0 bridgehead atoms. The molecule has 132 valence electrons. The molecule has 0 aliphatic carbocycles. The normalized spacial score (nSPS) is 11.5. The van der Waals surface area contributed by atoms with Crippen molar-refractivity contribution in [3.8, 4) is 5.69 Å². The molecule has 26 heavy (non-hydrogen) atoms. The number of aryl methyl sites for hydroxylation is 1. The molecule has 7 heteroatoms. The van der Waals surface area contributed by atoms with Crippen LogP contribution in [0.1, 0.15) is 21.7 Å². The molecule has 0 N–H and O–H groups in total. The highest BCUT2D eigenvalue weighted by atomic mass is 19.1. The highest BCUT2D eigenvalue weighted by molar-refractivity contribution is 6.28. The third-order valence-electron chi connectivity index (χ3n) is 3.74. The summed E-state index contributed by atoms with van der Waals surface area (Å²) in [6, 6.07) is 13.4. The molecule has 3 rings (SSSR count). The fourth-order valence-electron chi connectivity index (χ4n) is 2.48. The molecule has 0 radical (unpaired) electrons. The van der Waals surface area contributed by atoms with E-state index in [1.54, 1.807) is 31.3 Å². The number of ketones is 1. The number of carbonyl (C=O) groups is 1. The lowest BCUT2D eigenvalue weighted by Gasteiger charge is -2.12. The number of hydrogen-bond donors (Lipinski definition) is 0. The van der Waals surface area contributed by atoms with Gasteiger partial charge in [-0.05, 0) is 41.6 Å². The molecule has 0 aliphatic rings. The van der Waals surface area contributed by atoms with Crippen molar-refractivity contribution in [2.75, 3.05) is 14.1 Å². The number of carbonyl (C=O) groups excluding carboxylic acids is 1. The SMILES string of the molecule is Cc1ccc(-n2nnnc2/C(=C\N(C)C)C(=O)c2ccccc2F)cc1. The molecule has 0 saturated heterocycles. The molecule has 0 saturated carbocycles. The fourth-order valence-corrected chi connectivity index (χ4v) is 2.48. The first-order valence-electron chi connectivity index (χ1n) is 8.00. The van der Waals surface area contributed by atoms with Crippen LogP contribution in [0, 0.1) is 12.7 Å². The largest absolute Gasteiger partial charge is 0.383 e. The van der Waals surface area contributed by atoms with Gasteiger partial charge in [0.1, 0.15) is 5.82 Å². The van der Waals surface area contributed by atoms with Gasteiger partial charge in [-0.3, -0.25) is 4.79 Å². The first kappa shape index (κ1) is 17.5. The molecule has 1 heterocycles. The van der Waals surface area contributed by atoms with Crippen LogP contribution in [0.5, 0.6) is 0 Å². The lowest BCUT2D eigenvalue weighted by atomic mass is 10.0. The monoisotopic (exact) mass is 351 g/mol. The van der Waals surface area contributed by atoms with Crippen molar-refractivity contribution in [3.63, 3.8) is 0 Å². The molecule has 2 aromatic carbocycles. The van der Waals surface area contributed by atoms with E-state index < -0.39 is 11.6 Å². The van der Waals surface area contributed by atoms with Crippen LogP contribution >= 0.6 is 0 Å². The Bertz CT molecular complexity index is 960. The fraction of sp³-hybridized carbons (Fsp3) is 0.158. The van der Waals surface area contributed by atoms with Crippen molar-refractivity contribution >= 4 is 11.4 Å². The second-order valence-electron chi connectivity index (χ2n) is 6.07. The van der Waals surface area contributed by atoms with Crippen LogP contribution < -0.4 is 0 Å². The summed E-state index contributed by atoms with van der Waals surface area (Å²) in [5.41, 5.74) is 1.97. The molecular weight excluding hydrogens is 333 g/mol. The summed E-state index contributed by atoms with van der Waals surface area (Å²) in [7, 11) is 3.54. The van der Waals surface area contributed by atoms with Crippen LogP contribution in [0.15, 0.2) is 54.7 Å². The molecule has 0 fully saturated rings. The minimum absolute atomic E-state index is 0.0287. The zero-order valence-electron chi connectivity index (χ0n) is 14.7. The minimum Gasteiger partial charge on any atom is -0.383 e. The lowest BCUT2D eigenvalue weighted by molar-refractivity contribution is 0.105. The molecule has 6 nitrogen and oxygen atoms in total. The lowest BCUT2D eigenvalue weighted by Crippen LogP contribution is -2.14. The number of hydrogen-bond acceptors (Lipinski definition) is 5. The van der Waals surface area contributed by atoms with Crippen LogP contribution in [0.3, 0.4) is 0 Å². The quantitative estimate of drug-likeness (QED) is 0.522. The van der Waals surface area contributed by atoms with Crippen molar-refractivity contribution in [3.05, 3.63) is 77.5 Å². The van der Waals surface area contributed by atoms with Gasteiger partial charge < -0.3 is 4.90 Å². The number of rotatable bonds is 5. The summed E-state index contributed by atoms with van der Waals surface area (Å²) in [5.74, 6) is -0.827. The van der Waals surface area contributed by atoms with Gasteiger partial charge in [-0.25, -0.2) is 4.39 Å². The highest BCUT2D eigenvalue weighted by Crippen LogP contribution is 2.22. The van der Waals surface area contributed by atoms with Gasteiger partial charge in [-0.15, -0.1) is 5.10 Å². The topological polar surface area (TPSA) is 63.9 Å². The average Bonchev–Trinajstić information content (AvgIpc) is 3.09.